The summed E-state index contributed by atoms with van der Waals surface area (Å²) >= 11 is 0. The molecule has 102 valence electrons. The van der Waals surface area contributed by atoms with E-state index in [0.717, 1.165) is 12.1 Å². The largest absolute Gasteiger partial charge is 0.465 e. The Hall–Kier alpha value is -1.36. The summed E-state index contributed by atoms with van der Waals surface area (Å²) in [6.07, 6.45) is 3.02. The van der Waals surface area contributed by atoms with Gasteiger partial charge in [0.2, 0.25) is 0 Å². The van der Waals surface area contributed by atoms with E-state index in [1.165, 1.54) is 0 Å². The molecule has 0 bridgehead atoms. The lowest BCUT2D eigenvalue weighted by Gasteiger charge is -2.11. The topological polar surface area (TPSA) is 56.1 Å². The highest BCUT2D eigenvalue weighted by molar-refractivity contribution is 5.75. The first-order chi connectivity index (χ1) is 8.58. The second-order valence-electron chi connectivity index (χ2n) is 4.40. The lowest BCUT2D eigenvalue weighted by molar-refractivity contribution is -0.145. The Morgan fingerprint density at radius 3 is 2.83 bits per heavy atom. The van der Waals surface area contributed by atoms with Crippen molar-refractivity contribution in [3.63, 3.8) is 0 Å². The Bertz CT molecular complexity index is 376. The number of rotatable bonds is 7. The molecule has 0 saturated heterocycles. The van der Waals surface area contributed by atoms with E-state index < -0.39 is 0 Å². The van der Waals surface area contributed by atoms with Gasteiger partial charge in [-0.2, -0.15) is 5.10 Å². The van der Waals surface area contributed by atoms with Crippen LogP contribution >= 0.6 is 0 Å². The van der Waals surface area contributed by atoms with E-state index in [4.69, 9.17) is 4.74 Å². The molecule has 1 heterocycles. The van der Waals surface area contributed by atoms with Gasteiger partial charge in [0.25, 0.3) is 0 Å². The molecule has 2 unspecified atom stereocenters. The van der Waals surface area contributed by atoms with Crippen molar-refractivity contribution in [2.75, 3.05) is 6.61 Å². The van der Waals surface area contributed by atoms with Gasteiger partial charge in [-0.3, -0.25) is 14.8 Å². The summed E-state index contributed by atoms with van der Waals surface area (Å²) in [5, 5.41) is 7.56. The first kappa shape index (κ1) is 14.7. The summed E-state index contributed by atoms with van der Waals surface area (Å²) in [4.78, 5) is 11.4. The average molecular weight is 253 g/mol. The maximum Gasteiger partial charge on any atom is 0.322 e. The molecule has 0 saturated carbocycles. The summed E-state index contributed by atoms with van der Waals surface area (Å²) in [5.41, 5.74) is 0.937. The number of ether oxygens (including phenoxy) is 1. The smallest absolute Gasteiger partial charge is 0.322 e. The Balaban J connectivity index is 2.44. The molecule has 0 radical (unpaired) electrons. The maximum absolute atomic E-state index is 11.4. The monoisotopic (exact) mass is 253 g/mol. The van der Waals surface area contributed by atoms with Gasteiger partial charge in [-0.25, -0.2) is 0 Å². The fraction of sp³-hybridized carbons (Fsp3) is 0.692. The second-order valence-corrected chi connectivity index (χ2v) is 4.40. The minimum absolute atomic E-state index is 0.223. The molecule has 0 aromatic carbocycles. The molecule has 2 atom stereocenters. The minimum atomic E-state index is -0.307. The van der Waals surface area contributed by atoms with Crippen LogP contribution in [0.3, 0.4) is 0 Å². The first-order valence-corrected chi connectivity index (χ1v) is 6.52. The fourth-order valence-corrected chi connectivity index (χ4v) is 1.51. The summed E-state index contributed by atoms with van der Waals surface area (Å²) in [6, 6.07) is 2.07. The molecule has 0 aliphatic carbocycles. The predicted molar refractivity (Wildman–Crippen MR) is 70.2 cm³/mol. The zero-order chi connectivity index (χ0) is 13.5. The number of nitrogens with zero attached hydrogens (tertiary/aromatic N) is 2. The molecule has 1 rings (SSSR count). The van der Waals surface area contributed by atoms with Crippen molar-refractivity contribution in [3.05, 3.63) is 18.0 Å². The van der Waals surface area contributed by atoms with Crippen LogP contribution in [-0.2, 0) is 16.1 Å². The number of carbonyl (C=O) groups is 1. The zero-order valence-electron chi connectivity index (χ0n) is 11.6. The number of hydrogen-bond donors (Lipinski definition) is 1. The van der Waals surface area contributed by atoms with Gasteiger partial charge in [0.1, 0.15) is 6.04 Å². The molecular weight excluding hydrogens is 230 g/mol. The van der Waals surface area contributed by atoms with Gasteiger partial charge < -0.3 is 4.74 Å². The van der Waals surface area contributed by atoms with Crippen LogP contribution in [0, 0.1) is 0 Å². The highest BCUT2D eigenvalue weighted by Crippen LogP contribution is 2.09. The van der Waals surface area contributed by atoms with Crippen LogP contribution in [-0.4, -0.2) is 28.4 Å². The first-order valence-electron chi connectivity index (χ1n) is 6.52. The second kappa shape index (κ2) is 7.16. The Labute approximate surface area is 109 Å². The lowest BCUT2D eigenvalue weighted by atomic mass is 10.3. The summed E-state index contributed by atoms with van der Waals surface area (Å²) in [7, 11) is 0. The van der Waals surface area contributed by atoms with Crippen molar-refractivity contribution in [2.45, 2.75) is 52.7 Å². The van der Waals surface area contributed by atoms with Gasteiger partial charge in [-0.1, -0.05) is 6.92 Å². The van der Waals surface area contributed by atoms with E-state index in [9.17, 15) is 4.79 Å². The highest BCUT2D eigenvalue weighted by atomic mass is 16.5. The molecule has 0 aliphatic rings. The van der Waals surface area contributed by atoms with Crippen LogP contribution in [0.15, 0.2) is 12.3 Å². The molecule has 0 amide bonds. The molecule has 0 aliphatic heterocycles. The molecule has 1 aromatic rings. The molecule has 5 heteroatoms. The Morgan fingerprint density at radius 1 is 1.50 bits per heavy atom. The molecule has 1 N–H and O–H groups in total. The summed E-state index contributed by atoms with van der Waals surface area (Å²) in [6.45, 7) is 8.84. The van der Waals surface area contributed by atoms with Gasteiger partial charge in [-0.05, 0) is 33.3 Å². The fourth-order valence-electron chi connectivity index (χ4n) is 1.51. The van der Waals surface area contributed by atoms with E-state index in [2.05, 4.69) is 24.3 Å². The van der Waals surface area contributed by atoms with Crippen molar-refractivity contribution in [1.29, 1.82) is 0 Å². The SMILES string of the molecule is CCOC(=O)C(C)NCc1ccn(C(C)CC)n1. The van der Waals surface area contributed by atoms with Crippen LogP contribution in [0.2, 0.25) is 0 Å². The molecule has 0 fully saturated rings. The number of esters is 1. The van der Waals surface area contributed by atoms with Gasteiger partial charge in [0, 0.05) is 18.8 Å². The minimum Gasteiger partial charge on any atom is -0.465 e. The van der Waals surface area contributed by atoms with E-state index >= 15 is 0 Å². The zero-order valence-corrected chi connectivity index (χ0v) is 11.6. The third-order valence-corrected chi connectivity index (χ3v) is 2.94. The van der Waals surface area contributed by atoms with Crippen molar-refractivity contribution in [3.8, 4) is 0 Å². The van der Waals surface area contributed by atoms with Crippen LogP contribution in [0.4, 0.5) is 0 Å². The highest BCUT2D eigenvalue weighted by Gasteiger charge is 2.13. The molecule has 5 nitrogen and oxygen atoms in total. The van der Waals surface area contributed by atoms with Gasteiger partial charge in [-0.15, -0.1) is 0 Å². The maximum atomic E-state index is 11.4. The predicted octanol–water partition coefficient (Wildman–Crippen LogP) is 1.90. The van der Waals surface area contributed by atoms with E-state index in [0.29, 0.717) is 19.2 Å². The van der Waals surface area contributed by atoms with Crippen LogP contribution in [0.5, 0.6) is 0 Å². The van der Waals surface area contributed by atoms with Gasteiger partial charge in [0.05, 0.1) is 12.3 Å². The van der Waals surface area contributed by atoms with Crippen molar-refractivity contribution >= 4 is 5.97 Å². The number of nitrogens with one attached hydrogen (secondary N) is 1. The van der Waals surface area contributed by atoms with Gasteiger partial charge in [0.15, 0.2) is 0 Å². The van der Waals surface area contributed by atoms with Crippen LogP contribution in [0.1, 0.15) is 45.9 Å². The third-order valence-electron chi connectivity index (χ3n) is 2.94. The Kier molecular flexibility index (Phi) is 5.85. The molecule has 0 spiro atoms. The quantitative estimate of drug-likeness (QED) is 0.754. The number of hydrogen-bond acceptors (Lipinski definition) is 4. The van der Waals surface area contributed by atoms with Crippen molar-refractivity contribution in [2.24, 2.45) is 0 Å². The average Bonchev–Trinajstić information content (AvgIpc) is 2.84. The summed E-state index contributed by atoms with van der Waals surface area (Å²) in [5.74, 6) is -0.223. The van der Waals surface area contributed by atoms with Gasteiger partial charge >= 0.3 is 5.97 Å². The van der Waals surface area contributed by atoms with E-state index in [1.54, 1.807) is 13.8 Å². The van der Waals surface area contributed by atoms with Crippen molar-refractivity contribution in [1.82, 2.24) is 15.1 Å². The van der Waals surface area contributed by atoms with Crippen LogP contribution in [0.25, 0.3) is 0 Å². The Morgan fingerprint density at radius 2 is 2.22 bits per heavy atom. The lowest BCUT2D eigenvalue weighted by Crippen LogP contribution is -2.35. The van der Waals surface area contributed by atoms with E-state index in [-0.39, 0.29) is 12.0 Å². The molecule has 1 aromatic heterocycles. The van der Waals surface area contributed by atoms with Crippen molar-refractivity contribution < 1.29 is 9.53 Å². The number of aromatic nitrogens is 2. The van der Waals surface area contributed by atoms with E-state index in [1.807, 2.05) is 16.9 Å². The normalized spacial score (nSPS) is 14.2. The molecular formula is C13H23N3O2. The van der Waals surface area contributed by atoms with Crippen LogP contribution < -0.4 is 5.32 Å². The molecule has 18 heavy (non-hydrogen) atoms. The summed E-state index contributed by atoms with van der Waals surface area (Å²) < 4.78 is 6.88. The standard InChI is InChI=1S/C13H23N3O2/c1-5-10(3)16-8-7-12(15-16)9-14-11(4)13(17)18-6-2/h7-8,10-11,14H,5-6,9H2,1-4H3. The number of carbonyl (C=O) groups excluding carboxylic acids is 1. The third kappa shape index (κ3) is 4.14.